The van der Waals surface area contributed by atoms with Gasteiger partial charge in [0, 0.05) is 51.1 Å². The number of para-hydroxylation sites is 2. The first kappa shape index (κ1) is 19.4. The fourth-order valence-electron chi connectivity index (χ4n) is 4.54. The largest absolute Gasteiger partial charge is 0.379 e. The molecule has 2 aliphatic heterocycles. The Balaban J connectivity index is 1.45. The molecule has 1 atom stereocenters. The fourth-order valence-corrected chi connectivity index (χ4v) is 4.54. The number of nitrogens with zero attached hydrogens (tertiary/aromatic N) is 4. The number of amides is 1. The van der Waals surface area contributed by atoms with Crippen LogP contribution in [-0.4, -0.2) is 71.2 Å². The number of morpholine rings is 1. The summed E-state index contributed by atoms with van der Waals surface area (Å²) in [5, 5.41) is 0. The van der Waals surface area contributed by atoms with Gasteiger partial charge in [-0.15, -0.1) is 0 Å². The molecule has 3 heterocycles. The number of hydrogen-bond acceptors (Lipinski definition) is 4. The number of piperidine rings is 1. The lowest BCUT2D eigenvalue weighted by Gasteiger charge is -2.34. The van der Waals surface area contributed by atoms with Crippen molar-refractivity contribution in [2.24, 2.45) is 0 Å². The molecule has 0 spiro atoms. The zero-order chi connectivity index (χ0) is 19.5. The summed E-state index contributed by atoms with van der Waals surface area (Å²) in [4.78, 5) is 22.2. The van der Waals surface area contributed by atoms with Crippen LogP contribution in [0, 0.1) is 0 Å². The van der Waals surface area contributed by atoms with E-state index in [0.717, 1.165) is 70.1 Å². The molecular formula is C22H32N4O2. The average Bonchev–Trinajstić information content (AvgIpc) is 3.13. The van der Waals surface area contributed by atoms with Crippen LogP contribution in [0.25, 0.3) is 11.0 Å². The van der Waals surface area contributed by atoms with E-state index in [1.807, 2.05) is 6.07 Å². The predicted molar refractivity (Wildman–Crippen MR) is 111 cm³/mol. The Morgan fingerprint density at radius 2 is 2.00 bits per heavy atom. The summed E-state index contributed by atoms with van der Waals surface area (Å²) < 4.78 is 7.76. The highest BCUT2D eigenvalue weighted by Crippen LogP contribution is 2.31. The molecule has 4 rings (SSSR count). The van der Waals surface area contributed by atoms with Gasteiger partial charge in [0.15, 0.2) is 0 Å². The number of likely N-dealkylation sites (tertiary alicyclic amines) is 1. The van der Waals surface area contributed by atoms with Crippen molar-refractivity contribution < 1.29 is 9.53 Å². The molecule has 1 amide bonds. The molecule has 0 N–H and O–H groups in total. The maximum absolute atomic E-state index is 12.8. The average molecular weight is 385 g/mol. The van der Waals surface area contributed by atoms with Gasteiger partial charge in [-0.3, -0.25) is 9.69 Å². The third kappa shape index (κ3) is 4.08. The molecule has 0 bridgehead atoms. The van der Waals surface area contributed by atoms with E-state index in [0.29, 0.717) is 18.4 Å². The van der Waals surface area contributed by atoms with Crippen molar-refractivity contribution in [1.29, 1.82) is 0 Å². The van der Waals surface area contributed by atoms with E-state index >= 15 is 0 Å². The maximum atomic E-state index is 12.8. The summed E-state index contributed by atoms with van der Waals surface area (Å²) >= 11 is 0. The molecule has 2 saturated heterocycles. The summed E-state index contributed by atoms with van der Waals surface area (Å²) in [5.41, 5.74) is 2.25. The van der Waals surface area contributed by atoms with Crippen LogP contribution in [0.2, 0.25) is 0 Å². The van der Waals surface area contributed by atoms with E-state index in [1.54, 1.807) is 0 Å². The Bertz CT molecular complexity index is 810. The van der Waals surface area contributed by atoms with Gasteiger partial charge in [0.05, 0.1) is 24.2 Å². The fraction of sp³-hybridized carbons (Fsp3) is 0.636. The lowest BCUT2D eigenvalue weighted by molar-refractivity contribution is -0.133. The highest BCUT2D eigenvalue weighted by Gasteiger charge is 2.29. The van der Waals surface area contributed by atoms with Crippen LogP contribution in [0.3, 0.4) is 0 Å². The first-order valence-electron chi connectivity index (χ1n) is 10.7. The Hall–Kier alpha value is -1.92. The van der Waals surface area contributed by atoms with E-state index in [9.17, 15) is 4.79 Å². The topological polar surface area (TPSA) is 50.6 Å². The van der Waals surface area contributed by atoms with E-state index < -0.39 is 0 Å². The molecule has 1 aromatic heterocycles. The van der Waals surface area contributed by atoms with E-state index in [2.05, 4.69) is 46.4 Å². The third-order valence-corrected chi connectivity index (χ3v) is 6.02. The quantitative estimate of drug-likeness (QED) is 0.795. The van der Waals surface area contributed by atoms with Crippen LogP contribution in [0.5, 0.6) is 0 Å². The highest BCUT2D eigenvalue weighted by atomic mass is 16.5. The molecular weight excluding hydrogens is 352 g/mol. The standard InChI is InChI=1S/C22H32N4O2/c1-17(2)26-20-8-4-3-7-19(20)23-22(26)18-6-5-10-25(16-18)21(27)9-11-24-12-14-28-15-13-24/h3-4,7-8,17-18H,5-6,9-16H2,1-2H3. The normalized spacial score (nSPS) is 21.5. The van der Waals surface area contributed by atoms with Crippen LogP contribution in [0.4, 0.5) is 0 Å². The van der Waals surface area contributed by atoms with Gasteiger partial charge in [-0.2, -0.15) is 0 Å². The number of ether oxygens (including phenoxy) is 1. The van der Waals surface area contributed by atoms with Gasteiger partial charge in [0.1, 0.15) is 5.82 Å². The molecule has 2 aliphatic rings. The second-order valence-electron chi connectivity index (χ2n) is 8.31. The first-order chi connectivity index (χ1) is 13.6. The van der Waals surface area contributed by atoms with Crippen molar-refractivity contribution in [3.63, 3.8) is 0 Å². The number of imidazole rings is 1. The number of hydrogen-bond donors (Lipinski definition) is 0. The van der Waals surface area contributed by atoms with Crippen molar-refractivity contribution in [2.45, 2.75) is 45.1 Å². The minimum absolute atomic E-state index is 0.281. The SMILES string of the molecule is CC(C)n1c(C2CCCN(C(=O)CCN3CCOCC3)C2)nc2ccccc21. The lowest BCUT2D eigenvalue weighted by atomic mass is 9.96. The number of fused-ring (bicyclic) bond motifs is 1. The number of aromatic nitrogens is 2. The van der Waals surface area contributed by atoms with Crippen molar-refractivity contribution in [2.75, 3.05) is 45.9 Å². The van der Waals surface area contributed by atoms with Crippen LogP contribution < -0.4 is 0 Å². The van der Waals surface area contributed by atoms with Crippen molar-refractivity contribution >= 4 is 16.9 Å². The number of rotatable bonds is 5. The zero-order valence-corrected chi connectivity index (χ0v) is 17.1. The molecule has 1 unspecified atom stereocenters. The minimum atomic E-state index is 0.281. The van der Waals surface area contributed by atoms with Crippen LogP contribution in [0.15, 0.2) is 24.3 Å². The summed E-state index contributed by atoms with van der Waals surface area (Å²) in [6.45, 7) is 10.4. The van der Waals surface area contributed by atoms with Crippen molar-refractivity contribution in [3.05, 3.63) is 30.1 Å². The first-order valence-corrected chi connectivity index (χ1v) is 10.7. The van der Waals surface area contributed by atoms with Gasteiger partial charge in [0.2, 0.25) is 5.91 Å². The Kier molecular flexibility index (Phi) is 5.97. The van der Waals surface area contributed by atoms with Gasteiger partial charge in [-0.25, -0.2) is 4.98 Å². The molecule has 2 fully saturated rings. The zero-order valence-electron chi connectivity index (χ0n) is 17.1. The molecule has 6 nitrogen and oxygen atoms in total. The summed E-state index contributed by atoms with van der Waals surface area (Å²) in [5.74, 6) is 1.74. The molecule has 0 aliphatic carbocycles. The highest BCUT2D eigenvalue weighted by molar-refractivity contribution is 5.77. The maximum Gasteiger partial charge on any atom is 0.223 e. The molecule has 1 aromatic carbocycles. The van der Waals surface area contributed by atoms with Gasteiger partial charge in [-0.1, -0.05) is 12.1 Å². The van der Waals surface area contributed by atoms with E-state index in [-0.39, 0.29) is 5.91 Å². The lowest BCUT2D eigenvalue weighted by Crippen LogP contribution is -2.42. The summed E-state index contributed by atoms with van der Waals surface area (Å²) in [7, 11) is 0. The van der Waals surface area contributed by atoms with Crippen molar-refractivity contribution in [1.82, 2.24) is 19.4 Å². The van der Waals surface area contributed by atoms with Crippen LogP contribution >= 0.6 is 0 Å². The van der Waals surface area contributed by atoms with Gasteiger partial charge < -0.3 is 14.2 Å². The Morgan fingerprint density at radius 1 is 1.21 bits per heavy atom. The van der Waals surface area contributed by atoms with Crippen LogP contribution in [0.1, 0.15) is 50.9 Å². The number of carbonyl (C=O) groups is 1. The molecule has 0 radical (unpaired) electrons. The third-order valence-electron chi connectivity index (χ3n) is 6.02. The second-order valence-corrected chi connectivity index (χ2v) is 8.31. The van der Waals surface area contributed by atoms with E-state index in [1.165, 1.54) is 5.52 Å². The Labute approximate surface area is 167 Å². The van der Waals surface area contributed by atoms with Gasteiger partial charge in [-0.05, 0) is 38.8 Å². The van der Waals surface area contributed by atoms with Gasteiger partial charge in [0.25, 0.3) is 0 Å². The molecule has 0 saturated carbocycles. The number of benzene rings is 1. The molecule has 152 valence electrons. The molecule has 6 heteroatoms. The number of carbonyl (C=O) groups excluding carboxylic acids is 1. The van der Waals surface area contributed by atoms with Gasteiger partial charge >= 0.3 is 0 Å². The van der Waals surface area contributed by atoms with Crippen LogP contribution in [-0.2, 0) is 9.53 Å². The predicted octanol–water partition coefficient (Wildman–Crippen LogP) is 3.05. The molecule has 2 aromatic rings. The monoisotopic (exact) mass is 384 g/mol. The smallest absolute Gasteiger partial charge is 0.223 e. The Morgan fingerprint density at radius 3 is 2.79 bits per heavy atom. The molecule has 28 heavy (non-hydrogen) atoms. The van der Waals surface area contributed by atoms with E-state index in [4.69, 9.17) is 9.72 Å². The minimum Gasteiger partial charge on any atom is -0.379 e. The van der Waals surface area contributed by atoms with Crippen molar-refractivity contribution in [3.8, 4) is 0 Å². The second kappa shape index (κ2) is 8.62. The summed E-state index contributed by atoms with van der Waals surface area (Å²) in [6, 6.07) is 8.72. The summed E-state index contributed by atoms with van der Waals surface area (Å²) in [6.07, 6.45) is 2.76.